The Hall–Kier alpha value is -1.13. The van der Waals surface area contributed by atoms with Gasteiger partial charge in [-0.15, -0.1) is 0 Å². The number of hydrogen-bond donors (Lipinski definition) is 2. The van der Waals surface area contributed by atoms with Gasteiger partial charge in [-0.25, -0.2) is 0 Å². The third-order valence-electron chi connectivity index (χ3n) is 2.10. The largest absolute Gasteiger partial charge is 0.395 e. The molecule has 2 rings (SSSR count). The lowest BCUT2D eigenvalue weighted by Gasteiger charge is -2.07. The van der Waals surface area contributed by atoms with Crippen LogP contribution in [0.3, 0.4) is 0 Å². The van der Waals surface area contributed by atoms with Crippen LogP contribution in [0.5, 0.6) is 0 Å². The number of para-hydroxylation sites is 1. The number of hydrogen-bond acceptors (Lipinski definition) is 3. The van der Waals surface area contributed by atoms with Gasteiger partial charge in [-0.1, -0.05) is 12.1 Å². The zero-order chi connectivity index (χ0) is 10.7. The van der Waals surface area contributed by atoms with Gasteiger partial charge in [0.1, 0.15) is 0 Å². The quantitative estimate of drug-likeness (QED) is 0.897. The number of fused-ring (bicyclic) bond motifs is 1. The van der Waals surface area contributed by atoms with Gasteiger partial charge in [0.15, 0.2) is 0 Å². The van der Waals surface area contributed by atoms with E-state index in [0.717, 1.165) is 21.1 Å². The minimum absolute atomic E-state index is 0.118. The summed E-state index contributed by atoms with van der Waals surface area (Å²) in [7, 11) is 0. The summed E-state index contributed by atoms with van der Waals surface area (Å²) in [5.74, 6) is 0. The van der Waals surface area contributed by atoms with Crippen molar-refractivity contribution in [3.8, 4) is 0 Å². The number of rotatable bonds is 3. The second-order valence-corrected chi connectivity index (χ2v) is 4.10. The maximum atomic E-state index is 8.75. The van der Waals surface area contributed by atoms with E-state index < -0.39 is 0 Å². The molecule has 0 fully saturated rings. The number of aliphatic hydroxyl groups excluding tert-OH is 1. The van der Waals surface area contributed by atoms with E-state index >= 15 is 0 Å². The molecule has 1 heterocycles. The number of anilines is 1. The maximum absolute atomic E-state index is 8.75. The Morgan fingerprint density at radius 3 is 3.07 bits per heavy atom. The van der Waals surface area contributed by atoms with Crippen molar-refractivity contribution in [1.29, 1.82) is 0 Å². The van der Waals surface area contributed by atoms with Gasteiger partial charge in [-0.05, 0) is 28.1 Å². The van der Waals surface area contributed by atoms with Crippen LogP contribution in [0, 0.1) is 0 Å². The van der Waals surface area contributed by atoms with Crippen LogP contribution in [0.25, 0.3) is 10.9 Å². The first-order chi connectivity index (χ1) is 7.31. The number of aliphatic hydroxyl groups is 1. The second kappa shape index (κ2) is 4.59. The number of nitrogens with one attached hydrogen (secondary N) is 1. The summed E-state index contributed by atoms with van der Waals surface area (Å²) < 4.78 is 0.967. The zero-order valence-corrected chi connectivity index (χ0v) is 9.66. The van der Waals surface area contributed by atoms with Crippen LogP contribution in [-0.4, -0.2) is 23.2 Å². The van der Waals surface area contributed by atoms with Crippen molar-refractivity contribution < 1.29 is 5.11 Å². The van der Waals surface area contributed by atoms with Crippen LogP contribution in [0.2, 0.25) is 0 Å². The molecular weight excluding hydrogens is 256 g/mol. The molecule has 0 unspecified atom stereocenters. The van der Waals surface area contributed by atoms with E-state index in [9.17, 15) is 0 Å². The average molecular weight is 267 g/mol. The summed E-state index contributed by atoms with van der Waals surface area (Å²) in [6.07, 6.45) is 1.77. The summed E-state index contributed by atoms with van der Waals surface area (Å²) in [6.45, 7) is 0.657. The van der Waals surface area contributed by atoms with Gasteiger partial charge < -0.3 is 10.4 Å². The van der Waals surface area contributed by atoms with Crippen molar-refractivity contribution >= 4 is 32.5 Å². The molecule has 1 aromatic carbocycles. The van der Waals surface area contributed by atoms with Crippen molar-refractivity contribution in [2.24, 2.45) is 0 Å². The first-order valence-corrected chi connectivity index (χ1v) is 5.49. The molecule has 0 bridgehead atoms. The fourth-order valence-corrected chi connectivity index (χ4v) is 1.82. The summed E-state index contributed by atoms with van der Waals surface area (Å²) in [6, 6.07) is 7.96. The Kier molecular flexibility index (Phi) is 3.18. The van der Waals surface area contributed by atoms with Gasteiger partial charge in [-0.2, -0.15) is 0 Å². The minimum atomic E-state index is 0.118. The average Bonchev–Trinajstić information content (AvgIpc) is 2.25. The molecule has 0 saturated carbocycles. The van der Waals surface area contributed by atoms with Gasteiger partial charge in [0.05, 0.1) is 17.8 Å². The number of aromatic nitrogens is 1. The van der Waals surface area contributed by atoms with Gasteiger partial charge in [0.25, 0.3) is 0 Å². The first kappa shape index (κ1) is 10.4. The lowest BCUT2D eigenvalue weighted by atomic mass is 10.2. The zero-order valence-electron chi connectivity index (χ0n) is 8.07. The second-order valence-electron chi connectivity index (χ2n) is 3.18. The van der Waals surface area contributed by atoms with Crippen molar-refractivity contribution in [3.63, 3.8) is 0 Å². The normalized spacial score (nSPS) is 10.5. The number of benzene rings is 1. The predicted octanol–water partition coefficient (Wildman–Crippen LogP) is 2.40. The molecule has 1 aromatic heterocycles. The lowest BCUT2D eigenvalue weighted by molar-refractivity contribution is 0.311. The highest BCUT2D eigenvalue weighted by Gasteiger charge is 2.01. The smallest absolute Gasteiger partial charge is 0.0934 e. The molecule has 78 valence electrons. The van der Waals surface area contributed by atoms with E-state index in [2.05, 4.69) is 26.2 Å². The Bertz CT molecular complexity index is 473. The topological polar surface area (TPSA) is 45.1 Å². The third-order valence-corrected chi connectivity index (χ3v) is 2.54. The molecule has 0 aliphatic carbocycles. The van der Waals surface area contributed by atoms with Crippen molar-refractivity contribution in [1.82, 2.24) is 4.98 Å². The van der Waals surface area contributed by atoms with E-state index in [-0.39, 0.29) is 6.61 Å². The number of nitrogens with zero attached hydrogens (tertiary/aromatic N) is 1. The molecule has 0 aliphatic heterocycles. The molecule has 15 heavy (non-hydrogen) atoms. The first-order valence-electron chi connectivity index (χ1n) is 4.70. The molecular formula is C11H11BrN2O. The molecule has 0 atom stereocenters. The standard InChI is InChI=1S/C11H11BrN2O/c12-9-6-8-2-1-3-10(13-4-5-15)11(8)14-7-9/h1-3,6-7,13,15H,4-5H2. The Morgan fingerprint density at radius 2 is 2.27 bits per heavy atom. The fourth-order valence-electron chi connectivity index (χ4n) is 1.47. The molecule has 2 aromatic rings. The Morgan fingerprint density at radius 1 is 1.40 bits per heavy atom. The van der Waals surface area contributed by atoms with E-state index in [1.54, 1.807) is 6.20 Å². The summed E-state index contributed by atoms with van der Waals surface area (Å²) in [5, 5.41) is 13.0. The van der Waals surface area contributed by atoms with Gasteiger partial charge in [0, 0.05) is 22.6 Å². The highest BCUT2D eigenvalue weighted by molar-refractivity contribution is 9.10. The monoisotopic (exact) mass is 266 g/mol. The molecule has 4 heteroatoms. The highest BCUT2D eigenvalue weighted by atomic mass is 79.9. The van der Waals surface area contributed by atoms with Crippen molar-refractivity contribution in [2.75, 3.05) is 18.5 Å². The van der Waals surface area contributed by atoms with Gasteiger partial charge in [-0.3, -0.25) is 4.98 Å². The molecule has 3 nitrogen and oxygen atoms in total. The molecule has 0 saturated heterocycles. The summed E-state index contributed by atoms with van der Waals surface area (Å²) in [4.78, 5) is 4.34. The van der Waals surface area contributed by atoms with Crippen LogP contribution in [0.4, 0.5) is 5.69 Å². The molecule has 0 aliphatic rings. The summed E-state index contributed by atoms with van der Waals surface area (Å²) >= 11 is 3.39. The summed E-state index contributed by atoms with van der Waals surface area (Å²) in [5.41, 5.74) is 1.88. The van der Waals surface area contributed by atoms with Crippen LogP contribution in [0.1, 0.15) is 0 Å². The lowest BCUT2D eigenvalue weighted by Crippen LogP contribution is -2.05. The molecule has 2 N–H and O–H groups in total. The molecule has 0 spiro atoms. The number of halogens is 1. The van der Waals surface area contributed by atoms with Crippen LogP contribution < -0.4 is 5.32 Å². The van der Waals surface area contributed by atoms with Gasteiger partial charge >= 0.3 is 0 Å². The minimum Gasteiger partial charge on any atom is -0.395 e. The fraction of sp³-hybridized carbons (Fsp3) is 0.182. The van der Waals surface area contributed by atoms with Crippen LogP contribution in [-0.2, 0) is 0 Å². The Labute approximate surface area is 96.3 Å². The van der Waals surface area contributed by atoms with Gasteiger partial charge in [0.2, 0.25) is 0 Å². The molecule has 0 radical (unpaired) electrons. The van der Waals surface area contributed by atoms with E-state index in [0.29, 0.717) is 6.54 Å². The number of pyridine rings is 1. The van der Waals surface area contributed by atoms with Crippen molar-refractivity contribution in [3.05, 3.63) is 34.9 Å². The molecule has 0 amide bonds. The van der Waals surface area contributed by atoms with E-state index in [4.69, 9.17) is 5.11 Å². The highest BCUT2D eigenvalue weighted by Crippen LogP contribution is 2.23. The van der Waals surface area contributed by atoms with Crippen LogP contribution >= 0.6 is 15.9 Å². The maximum Gasteiger partial charge on any atom is 0.0934 e. The SMILES string of the molecule is OCCNc1cccc2cc(Br)cnc12. The predicted molar refractivity (Wildman–Crippen MR) is 65.0 cm³/mol. The van der Waals surface area contributed by atoms with Crippen molar-refractivity contribution in [2.45, 2.75) is 0 Å². The van der Waals surface area contributed by atoms with Crippen LogP contribution in [0.15, 0.2) is 34.9 Å². The van der Waals surface area contributed by atoms with E-state index in [1.807, 2.05) is 24.3 Å². The van der Waals surface area contributed by atoms with E-state index in [1.165, 1.54) is 0 Å². The Balaban J connectivity index is 2.46. The third kappa shape index (κ3) is 2.27.